The molecular formula is C10H11Br2N. The lowest BCUT2D eigenvalue weighted by Crippen LogP contribution is -1.94. The van der Waals surface area contributed by atoms with Gasteiger partial charge in [-0.2, -0.15) is 0 Å². The van der Waals surface area contributed by atoms with Crippen LogP contribution in [0.4, 0.5) is 0 Å². The molecule has 1 fully saturated rings. The summed E-state index contributed by atoms with van der Waals surface area (Å²) in [6.45, 7) is 0. The van der Waals surface area contributed by atoms with E-state index in [4.69, 9.17) is 0 Å². The molecule has 1 heterocycles. The van der Waals surface area contributed by atoms with Crippen molar-refractivity contribution in [2.75, 3.05) is 0 Å². The summed E-state index contributed by atoms with van der Waals surface area (Å²) < 4.78 is 2.10. The topological polar surface area (TPSA) is 12.9 Å². The van der Waals surface area contributed by atoms with Crippen LogP contribution in [-0.2, 0) is 0 Å². The molecule has 1 aromatic rings. The first kappa shape index (κ1) is 9.66. The fraction of sp³-hybridized carbons (Fsp3) is 0.500. The minimum Gasteiger partial charge on any atom is -0.248 e. The Morgan fingerprint density at radius 3 is 2.62 bits per heavy atom. The number of hydrogen-bond acceptors (Lipinski definition) is 1. The lowest BCUT2D eigenvalue weighted by Gasteiger charge is -2.11. The number of pyridine rings is 1. The van der Waals surface area contributed by atoms with Gasteiger partial charge >= 0.3 is 0 Å². The van der Waals surface area contributed by atoms with Gasteiger partial charge in [-0.3, -0.25) is 0 Å². The molecule has 13 heavy (non-hydrogen) atoms. The molecule has 1 aliphatic rings. The van der Waals surface area contributed by atoms with Crippen LogP contribution in [0.1, 0.15) is 37.2 Å². The molecule has 70 valence electrons. The summed E-state index contributed by atoms with van der Waals surface area (Å²) in [4.78, 5) is 4.18. The van der Waals surface area contributed by atoms with E-state index < -0.39 is 0 Å². The van der Waals surface area contributed by atoms with E-state index in [9.17, 15) is 0 Å². The first-order valence-corrected chi connectivity index (χ1v) is 6.17. The second-order valence-electron chi connectivity index (χ2n) is 3.51. The zero-order valence-electron chi connectivity index (χ0n) is 7.26. The molecular weight excluding hydrogens is 294 g/mol. The standard InChI is InChI=1S/C10H11Br2N/c11-9-6-13-10(12)5-8(9)7-3-1-2-4-7/h5-7H,1-4H2. The summed E-state index contributed by atoms with van der Waals surface area (Å²) in [7, 11) is 0. The predicted octanol–water partition coefficient (Wildman–Crippen LogP) is 4.26. The van der Waals surface area contributed by atoms with Gasteiger partial charge in [-0.25, -0.2) is 4.98 Å². The molecule has 1 saturated carbocycles. The number of aromatic nitrogens is 1. The van der Waals surface area contributed by atoms with Gasteiger partial charge in [-0.1, -0.05) is 12.8 Å². The minimum absolute atomic E-state index is 0.744. The molecule has 0 N–H and O–H groups in total. The van der Waals surface area contributed by atoms with Crippen molar-refractivity contribution in [3.05, 3.63) is 26.9 Å². The maximum absolute atomic E-state index is 4.18. The van der Waals surface area contributed by atoms with Crippen molar-refractivity contribution < 1.29 is 0 Å². The quantitative estimate of drug-likeness (QED) is 0.706. The molecule has 0 atom stereocenters. The van der Waals surface area contributed by atoms with Crippen LogP contribution in [0.5, 0.6) is 0 Å². The Morgan fingerprint density at radius 1 is 1.23 bits per heavy atom. The lowest BCUT2D eigenvalue weighted by atomic mass is 9.99. The predicted molar refractivity (Wildman–Crippen MR) is 60.8 cm³/mol. The average molecular weight is 305 g/mol. The van der Waals surface area contributed by atoms with E-state index in [0.717, 1.165) is 15.0 Å². The van der Waals surface area contributed by atoms with E-state index in [1.54, 1.807) is 0 Å². The van der Waals surface area contributed by atoms with Crippen molar-refractivity contribution >= 4 is 31.9 Å². The van der Waals surface area contributed by atoms with Gasteiger partial charge in [0.2, 0.25) is 0 Å². The minimum atomic E-state index is 0.744. The fourth-order valence-corrected chi connectivity index (χ4v) is 2.87. The Hall–Kier alpha value is 0.110. The van der Waals surface area contributed by atoms with Gasteiger partial charge in [-0.05, 0) is 62.2 Å². The molecule has 0 spiro atoms. The Labute approximate surface area is 95.2 Å². The Morgan fingerprint density at radius 2 is 1.92 bits per heavy atom. The normalized spacial score (nSPS) is 18.0. The zero-order chi connectivity index (χ0) is 9.26. The van der Waals surface area contributed by atoms with Crippen molar-refractivity contribution in [1.82, 2.24) is 4.98 Å². The fourth-order valence-electron chi connectivity index (χ4n) is 1.98. The average Bonchev–Trinajstić information content (AvgIpc) is 2.61. The van der Waals surface area contributed by atoms with Gasteiger partial charge in [0, 0.05) is 10.7 Å². The number of hydrogen-bond donors (Lipinski definition) is 0. The molecule has 3 heteroatoms. The van der Waals surface area contributed by atoms with Crippen molar-refractivity contribution in [3.63, 3.8) is 0 Å². The third-order valence-electron chi connectivity index (χ3n) is 2.65. The van der Waals surface area contributed by atoms with Crippen LogP contribution in [0.25, 0.3) is 0 Å². The third-order valence-corrected chi connectivity index (χ3v) is 3.74. The van der Waals surface area contributed by atoms with E-state index in [2.05, 4.69) is 42.9 Å². The monoisotopic (exact) mass is 303 g/mol. The van der Waals surface area contributed by atoms with E-state index in [1.165, 1.54) is 31.2 Å². The smallest absolute Gasteiger partial charge is 0.106 e. The lowest BCUT2D eigenvalue weighted by molar-refractivity contribution is 0.717. The molecule has 0 aromatic carbocycles. The maximum Gasteiger partial charge on any atom is 0.106 e. The molecule has 0 saturated heterocycles. The Balaban J connectivity index is 2.32. The summed E-state index contributed by atoms with van der Waals surface area (Å²) in [6.07, 6.45) is 7.29. The van der Waals surface area contributed by atoms with Gasteiger partial charge in [0.15, 0.2) is 0 Å². The highest BCUT2D eigenvalue weighted by Gasteiger charge is 2.19. The first-order chi connectivity index (χ1) is 6.27. The summed E-state index contributed by atoms with van der Waals surface area (Å²) in [5.74, 6) is 0.744. The van der Waals surface area contributed by atoms with Crippen molar-refractivity contribution in [3.8, 4) is 0 Å². The van der Waals surface area contributed by atoms with Crippen LogP contribution in [0, 0.1) is 0 Å². The molecule has 0 radical (unpaired) electrons. The van der Waals surface area contributed by atoms with Crippen molar-refractivity contribution in [2.45, 2.75) is 31.6 Å². The second-order valence-corrected chi connectivity index (χ2v) is 5.18. The number of halogens is 2. The highest BCUT2D eigenvalue weighted by Crippen LogP contribution is 2.38. The summed E-state index contributed by atoms with van der Waals surface area (Å²) in [5, 5.41) is 0. The molecule has 2 rings (SSSR count). The Kier molecular flexibility index (Phi) is 3.04. The van der Waals surface area contributed by atoms with Crippen LogP contribution in [0.2, 0.25) is 0 Å². The molecule has 0 amide bonds. The number of nitrogens with zero attached hydrogens (tertiary/aromatic N) is 1. The molecule has 0 bridgehead atoms. The summed E-state index contributed by atoms with van der Waals surface area (Å²) in [5.41, 5.74) is 1.42. The Bertz CT molecular complexity index is 306. The zero-order valence-corrected chi connectivity index (χ0v) is 10.4. The summed E-state index contributed by atoms with van der Waals surface area (Å²) in [6, 6.07) is 2.14. The van der Waals surface area contributed by atoms with Crippen molar-refractivity contribution in [1.29, 1.82) is 0 Å². The molecule has 0 aliphatic heterocycles. The third kappa shape index (κ3) is 2.13. The van der Waals surface area contributed by atoms with E-state index in [-0.39, 0.29) is 0 Å². The largest absolute Gasteiger partial charge is 0.248 e. The second kappa shape index (κ2) is 4.09. The summed E-state index contributed by atoms with van der Waals surface area (Å²) >= 11 is 6.97. The van der Waals surface area contributed by atoms with Crippen LogP contribution in [0.3, 0.4) is 0 Å². The number of rotatable bonds is 1. The van der Waals surface area contributed by atoms with E-state index in [0.29, 0.717) is 0 Å². The van der Waals surface area contributed by atoms with Gasteiger partial charge in [0.05, 0.1) is 0 Å². The highest BCUT2D eigenvalue weighted by molar-refractivity contribution is 9.11. The van der Waals surface area contributed by atoms with Crippen molar-refractivity contribution in [2.24, 2.45) is 0 Å². The van der Waals surface area contributed by atoms with Crippen LogP contribution in [0.15, 0.2) is 21.3 Å². The van der Waals surface area contributed by atoms with Crippen LogP contribution >= 0.6 is 31.9 Å². The van der Waals surface area contributed by atoms with Gasteiger partial charge < -0.3 is 0 Å². The molecule has 1 aliphatic carbocycles. The molecule has 0 unspecified atom stereocenters. The van der Waals surface area contributed by atoms with Gasteiger partial charge in [0.1, 0.15) is 4.60 Å². The van der Waals surface area contributed by atoms with Gasteiger partial charge in [0.25, 0.3) is 0 Å². The maximum atomic E-state index is 4.18. The first-order valence-electron chi connectivity index (χ1n) is 4.58. The SMILES string of the molecule is Brc1cc(C2CCCC2)c(Br)cn1. The van der Waals surface area contributed by atoms with Crippen LogP contribution in [-0.4, -0.2) is 4.98 Å². The van der Waals surface area contributed by atoms with E-state index in [1.807, 2.05) is 6.20 Å². The van der Waals surface area contributed by atoms with Crippen LogP contribution < -0.4 is 0 Å². The molecule has 1 aromatic heterocycles. The van der Waals surface area contributed by atoms with Gasteiger partial charge in [-0.15, -0.1) is 0 Å². The van der Waals surface area contributed by atoms with E-state index >= 15 is 0 Å². The molecule has 1 nitrogen and oxygen atoms in total. The highest BCUT2D eigenvalue weighted by atomic mass is 79.9.